The molecule has 2 unspecified atom stereocenters. The molecule has 1 saturated heterocycles. The number of halogens is 2. The fourth-order valence-corrected chi connectivity index (χ4v) is 2.53. The van der Waals surface area contributed by atoms with E-state index < -0.39 is 6.43 Å². The van der Waals surface area contributed by atoms with Crippen molar-refractivity contribution in [3.63, 3.8) is 0 Å². The van der Waals surface area contributed by atoms with Crippen molar-refractivity contribution in [1.82, 2.24) is 4.90 Å². The van der Waals surface area contributed by atoms with Gasteiger partial charge < -0.3 is 5.73 Å². The van der Waals surface area contributed by atoms with Gasteiger partial charge in [0.1, 0.15) is 0 Å². The summed E-state index contributed by atoms with van der Waals surface area (Å²) in [5, 5.41) is 0. The highest BCUT2D eigenvalue weighted by Gasteiger charge is 2.31. The smallest absolute Gasteiger partial charge is 0.263 e. The molecule has 0 bridgehead atoms. The first-order valence-electron chi connectivity index (χ1n) is 6.01. The third-order valence-corrected chi connectivity index (χ3v) is 3.48. The molecule has 1 aromatic rings. The van der Waals surface area contributed by atoms with Crippen LogP contribution in [0, 0.1) is 0 Å². The molecular weight excluding hydrogens is 222 g/mol. The summed E-state index contributed by atoms with van der Waals surface area (Å²) in [6.45, 7) is 4.02. The van der Waals surface area contributed by atoms with Gasteiger partial charge in [0, 0.05) is 24.2 Å². The second kappa shape index (κ2) is 5.10. The van der Waals surface area contributed by atoms with Gasteiger partial charge in [0.05, 0.1) is 0 Å². The Morgan fingerprint density at radius 2 is 2.00 bits per heavy atom. The van der Waals surface area contributed by atoms with Gasteiger partial charge in [0.25, 0.3) is 6.43 Å². The molecule has 2 rings (SSSR count). The Hall–Kier alpha value is -1.00. The number of rotatable bonds is 3. The molecule has 0 radical (unpaired) electrons. The van der Waals surface area contributed by atoms with Crippen LogP contribution in [0.15, 0.2) is 24.3 Å². The standard InChI is InChI=1S/C13H18F2N2/c1-2-17-8-7-11(16)12(17)9-3-5-10(6-4-9)13(14)15/h3-6,11-13H,2,7-8,16H2,1H3. The highest BCUT2D eigenvalue weighted by atomic mass is 19.3. The summed E-state index contributed by atoms with van der Waals surface area (Å²) >= 11 is 0. The van der Waals surface area contributed by atoms with Crippen LogP contribution in [0.1, 0.15) is 36.9 Å². The summed E-state index contributed by atoms with van der Waals surface area (Å²) < 4.78 is 24.9. The van der Waals surface area contributed by atoms with Gasteiger partial charge >= 0.3 is 0 Å². The van der Waals surface area contributed by atoms with Crippen LogP contribution in [-0.4, -0.2) is 24.0 Å². The maximum Gasteiger partial charge on any atom is 0.263 e. The molecular formula is C13H18F2N2. The lowest BCUT2D eigenvalue weighted by Crippen LogP contribution is -2.31. The Labute approximate surface area is 100 Å². The van der Waals surface area contributed by atoms with Crippen molar-refractivity contribution in [2.75, 3.05) is 13.1 Å². The highest BCUT2D eigenvalue weighted by molar-refractivity contribution is 5.27. The van der Waals surface area contributed by atoms with Gasteiger partial charge in [-0.25, -0.2) is 8.78 Å². The van der Waals surface area contributed by atoms with Gasteiger partial charge in [-0.2, -0.15) is 0 Å². The number of nitrogens with zero attached hydrogens (tertiary/aromatic N) is 1. The van der Waals surface area contributed by atoms with Crippen LogP contribution in [-0.2, 0) is 0 Å². The highest BCUT2D eigenvalue weighted by Crippen LogP contribution is 2.31. The summed E-state index contributed by atoms with van der Waals surface area (Å²) in [6.07, 6.45) is -1.43. The maximum absolute atomic E-state index is 12.5. The number of hydrogen-bond acceptors (Lipinski definition) is 2. The normalized spacial score (nSPS) is 25.7. The third kappa shape index (κ3) is 2.48. The van der Waals surface area contributed by atoms with E-state index in [1.165, 1.54) is 12.1 Å². The Bertz CT molecular complexity index is 364. The van der Waals surface area contributed by atoms with Crippen LogP contribution in [0.25, 0.3) is 0 Å². The molecule has 0 spiro atoms. The quantitative estimate of drug-likeness (QED) is 0.880. The zero-order valence-corrected chi connectivity index (χ0v) is 9.94. The van der Waals surface area contributed by atoms with Crippen LogP contribution in [0.4, 0.5) is 8.78 Å². The second-order valence-electron chi connectivity index (χ2n) is 4.49. The molecule has 1 aliphatic heterocycles. The average Bonchev–Trinajstić information content (AvgIpc) is 2.70. The molecule has 0 saturated carbocycles. The minimum atomic E-state index is -2.40. The van der Waals surface area contributed by atoms with E-state index in [-0.39, 0.29) is 17.6 Å². The van der Waals surface area contributed by atoms with Crippen LogP contribution in [0.5, 0.6) is 0 Å². The first kappa shape index (κ1) is 12.5. The Balaban J connectivity index is 2.21. The lowest BCUT2D eigenvalue weighted by Gasteiger charge is -2.26. The van der Waals surface area contributed by atoms with Gasteiger partial charge in [0.15, 0.2) is 0 Å². The van der Waals surface area contributed by atoms with Gasteiger partial charge in [-0.1, -0.05) is 31.2 Å². The number of benzene rings is 1. The average molecular weight is 240 g/mol. The summed E-state index contributed by atoms with van der Waals surface area (Å²) in [5.74, 6) is 0. The number of hydrogen-bond donors (Lipinski definition) is 1. The van der Waals surface area contributed by atoms with E-state index in [0.717, 1.165) is 25.1 Å². The largest absolute Gasteiger partial charge is 0.326 e. The summed E-state index contributed by atoms with van der Waals surface area (Å²) in [7, 11) is 0. The summed E-state index contributed by atoms with van der Waals surface area (Å²) in [4.78, 5) is 2.29. The molecule has 4 heteroatoms. The summed E-state index contributed by atoms with van der Waals surface area (Å²) in [5.41, 5.74) is 7.20. The van der Waals surface area contributed by atoms with Crippen molar-refractivity contribution in [3.8, 4) is 0 Å². The van der Waals surface area contributed by atoms with E-state index in [4.69, 9.17) is 5.73 Å². The lowest BCUT2D eigenvalue weighted by molar-refractivity contribution is 0.151. The molecule has 1 aliphatic rings. The SMILES string of the molecule is CCN1CCC(N)C1c1ccc(C(F)F)cc1. The van der Waals surface area contributed by atoms with Crippen molar-refractivity contribution in [2.45, 2.75) is 31.9 Å². The number of likely N-dealkylation sites (N-methyl/N-ethyl adjacent to an activating group) is 1. The fourth-order valence-electron chi connectivity index (χ4n) is 2.53. The Morgan fingerprint density at radius 3 is 2.53 bits per heavy atom. The molecule has 0 aromatic heterocycles. The van der Waals surface area contributed by atoms with Crippen LogP contribution >= 0.6 is 0 Å². The second-order valence-corrected chi connectivity index (χ2v) is 4.49. The monoisotopic (exact) mass is 240 g/mol. The number of likely N-dealkylation sites (tertiary alicyclic amines) is 1. The van der Waals surface area contributed by atoms with Crippen molar-refractivity contribution >= 4 is 0 Å². The molecule has 1 aromatic carbocycles. The van der Waals surface area contributed by atoms with E-state index in [1.807, 2.05) is 0 Å². The van der Waals surface area contributed by atoms with E-state index in [2.05, 4.69) is 11.8 Å². The zero-order valence-electron chi connectivity index (χ0n) is 9.94. The minimum absolute atomic E-state index is 0.0726. The topological polar surface area (TPSA) is 29.3 Å². The first-order valence-corrected chi connectivity index (χ1v) is 6.01. The molecule has 2 atom stereocenters. The molecule has 0 aliphatic carbocycles. The molecule has 1 fully saturated rings. The predicted molar refractivity (Wildman–Crippen MR) is 64.0 cm³/mol. The van der Waals surface area contributed by atoms with E-state index in [9.17, 15) is 8.78 Å². The zero-order chi connectivity index (χ0) is 12.4. The lowest BCUT2D eigenvalue weighted by atomic mass is 9.99. The van der Waals surface area contributed by atoms with Crippen molar-refractivity contribution in [1.29, 1.82) is 0 Å². The van der Waals surface area contributed by atoms with E-state index in [1.54, 1.807) is 12.1 Å². The summed E-state index contributed by atoms with van der Waals surface area (Å²) in [6, 6.07) is 6.83. The van der Waals surface area contributed by atoms with Gasteiger partial charge in [-0.15, -0.1) is 0 Å². The molecule has 2 N–H and O–H groups in total. The van der Waals surface area contributed by atoms with Gasteiger partial charge in [-0.05, 0) is 18.5 Å². The van der Waals surface area contributed by atoms with Gasteiger partial charge in [0.2, 0.25) is 0 Å². The molecule has 17 heavy (non-hydrogen) atoms. The van der Waals surface area contributed by atoms with Crippen molar-refractivity contribution in [2.24, 2.45) is 5.73 Å². The Morgan fingerprint density at radius 1 is 1.35 bits per heavy atom. The molecule has 94 valence electrons. The van der Waals surface area contributed by atoms with Crippen LogP contribution in [0.3, 0.4) is 0 Å². The van der Waals surface area contributed by atoms with Gasteiger partial charge in [-0.3, -0.25) is 4.90 Å². The van der Waals surface area contributed by atoms with Crippen molar-refractivity contribution < 1.29 is 8.78 Å². The van der Waals surface area contributed by atoms with Crippen LogP contribution < -0.4 is 5.73 Å². The van der Waals surface area contributed by atoms with E-state index >= 15 is 0 Å². The van der Waals surface area contributed by atoms with Crippen LogP contribution in [0.2, 0.25) is 0 Å². The Kier molecular flexibility index (Phi) is 3.74. The fraction of sp³-hybridized carbons (Fsp3) is 0.538. The maximum atomic E-state index is 12.5. The van der Waals surface area contributed by atoms with Crippen molar-refractivity contribution in [3.05, 3.63) is 35.4 Å². The number of alkyl halides is 2. The minimum Gasteiger partial charge on any atom is -0.326 e. The molecule has 2 nitrogen and oxygen atoms in total. The first-order chi connectivity index (χ1) is 8.13. The molecule has 1 heterocycles. The predicted octanol–water partition coefficient (Wildman–Crippen LogP) is 2.72. The van der Waals surface area contributed by atoms with E-state index in [0.29, 0.717) is 0 Å². The number of nitrogens with two attached hydrogens (primary N) is 1. The molecule has 0 amide bonds. The third-order valence-electron chi connectivity index (χ3n) is 3.48.